The first-order valence-corrected chi connectivity index (χ1v) is 13.3. The van der Waals surface area contributed by atoms with Gasteiger partial charge in [0.2, 0.25) is 0 Å². The molecule has 3 rings (SSSR count). The molecule has 11 nitrogen and oxygen atoms in total. The molecule has 1 N–H and O–H groups in total. The van der Waals surface area contributed by atoms with Gasteiger partial charge >= 0.3 is 26.5 Å². The highest BCUT2D eigenvalue weighted by Gasteiger charge is 2.36. The van der Waals surface area contributed by atoms with Crippen LogP contribution in [0.5, 0.6) is 11.5 Å². The number of carbonyl (C=O) groups excluding carboxylic acids is 2. The highest BCUT2D eigenvalue weighted by molar-refractivity contribution is 7.92. The molecule has 0 saturated carbocycles. The number of amides is 1. The second-order valence-corrected chi connectivity index (χ2v) is 11.1. The van der Waals surface area contributed by atoms with Crippen LogP contribution >= 0.6 is 0 Å². The third-order valence-corrected chi connectivity index (χ3v) is 6.36. The maximum absolute atomic E-state index is 12.3. The smallest absolute Gasteiger partial charge is 0.431 e. The topological polar surface area (TPSA) is 145 Å². The Bertz CT molecular complexity index is 1340. The summed E-state index contributed by atoms with van der Waals surface area (Å²) in [5.74, 6) is -0.751. The molecule has 1 aliphatic heterocycles. The zero-order valence-electron chi connectivity index (χ0n) is 18.9. The second-order valence-electron chi connectivity index (χ2n) is 7.93. The van der Waals surface area contributed by atoms with Crippen LogP contribution in [0.3, 0.4) is 0 Å². The van der Waals surface area contributed by atoms with E-state index in [1.807, 2.05) is 11.6 Å². The molecule has 1 amide bonds. The van der Waals surface area contributed by atoms with E-state index < -0.39 is 45.0 Å². The number of rotatable bonds is 7. The van der Waals surface area contributed by atoms with Gasteiger partial charge in [0.1, 0.15) is 12.3 Å². The van der Waals surface area contributed by atoms with E-state index in [9.17, 15) is 26.4 Å². The van der Waals surface area contributed by atoms with Crippen molar-refractivity contribution >= 4 is 38.1 Å². The SMILES string of the molecule is Cc1ccc(OS(C)(=O)=O)c(Cc2ccc(N3CC(=O)NS3(=O)=O)c(OC(=O)OC(C)C)c2)c1. The van der Waals surface area contributed by atoms with E-state index in [0.717, 1.165) is 16.1 Å². The normalized spacial score (nSPS) is 15.2. The maximum Gasteiger partial charge on any atom is 0.514 e. The van der Waals surface area contributed by atoms with Gasteiger partial charge < -0.3 is 13.7 Å². The van der Waals surface area contributed by atoms with Crippen molar-refractivity contribution < 1.29 is 40.1 Å². The van der Waals surface area contributed by atoms with Gasteiger partial charge in [-0.05, 0) is 44.5 Å². The number of benzene rings is 2. The Labute approximate surface area is 197 Å². The molecule has 2 aromatic carbocycles. The van der Waals surface area contributed by atoms with Gasteiger partial charge in [0.15, 0.2) is 5.75 Å². The summed E-state index contributed by atoms with van der Waals surface area (Å²) >= 11 is 0. The van der Waals surface area contributed by atoms with Crippen molar-refractivity contribution in [1.82, 2.24) is 4.72 Å². The molecule has 0 atom stereocenters. The lowest BCUT2D eigenvalue weighted by Gasteiger charge is -2.19. The standard InChI is InChI=1S/C21H24N2O9S2/c1-13(2)30-21(25)31-19-11-15(6-7-17(19)23-12-20(24)22-34(23,28)29)10-16-9-14(3)5-8-18(16)32-33(4,26)27/h5-9,11,13H,10,12H2,1-4H3,(H,22,24). The van der Waals surface area contributed by atoms with E-state index in [2.05, 4.69) is 0 Å². The van der Waals surface area contributed by atoms with Gasteiger partial charge in [-0.15, -0.1) is 0 Å². The Morgan fingerprint density at radius 3 is 2.44 bits per heavy atom. The van der Waals surface area contributed by atoms with E-state index in [0.29, 0.717) is 11.1 Å². The van der Waals surface area contributed by atoms with Gasteiger partial charge in [-0.2, -0.15) is 16.8 Å². The van der Waals surface area contributed by atoms with Crippen LogP contribution in [0.25, 0.3) is 0 Å². The number of nitrogens with one attached hydrogen (secondary N) is 1. The molecular formula is C21H24N2O9S2. The van der Waals surface area contributed by atoms with Crippen LogP contribution in [-0.4, -0.2) is 47.8 Å². The number of nitrogens with zero attached hydrogens (tertiary/aromatic N) is 1. The molecule has 0 bridgehead atoms. The molecule has 1 fully saturated rings. The fraction of sp³-hybridized carbons (Fsp3) is 0.333. The van der Waals surface area contributed by atoms with Gasteiger partial charge in [-0.1, -0.05) is 23.8 Å². The highest BCUT2D eigenvalue weighted by atomic mass is 32.2. The third kappa shape index (κ3) is 6.38. The Morgan fingerprint density at radius 2 is 1.85 bits per heavy atom. The Balaban J connectivity index is 2.02. The molecule has 1 heterocycles. The Morgan fingerprint density at radius 1 is 1.15 bits per heavy atom. The van der Waals surface area contributed by atoms with Gasteiger partial charge in [-0.25, -0.2) is 13.8 Å². The third-order valence-electron chi connectivity index (χ3n) is 4.49. The van der Waals surface area contributed by atoms with Gasteiger partial charge in [0.25, 0.3) is 5.91 Å². The molecular weight excluding hydrogens is 488 g/mol. The van der Waals surface area contributed by atoms with Crippen molar-refractivity contribution in [1.29, 1.82) is 0 Å². The minimum absolute atomic E-state index is 0.0420. The molecule has 13 heteroatoms. The molecule has 0 aromatic heterocycles. The summed E-state index contributed by atoms with van der Waals surface area (Å²) in [4.78, 5) is 23.8. The summed E-state index contributed by atoms with van der Waals surface area (Å²) in [6.45, 7) is 4.58. The van der Waals surface area contributed by atoms with Crippen molar-refractivity contribution in [2.45, 2.75) is 33.3 Å². The van der Waals surface area contributed by atoms with Gasteiger partial charge in [-0.3, -0.25) is 4.79 Å². The largest absolute Gasteiger partial charge is 0.514 e. The minimum atomic E-state index is -4.16. The first-order chi connectivity index (χ1) is 15.7. The quantitative estimate of drug-likeness (QED) is 0.334. The summed E-state index contributed by atoms with van der Waals surface area (Å²) in [6, 6.07) is 9.35. The zero-order valence-corrected chi connectivity index (χ0v) is 20.5. The summed E-state index contributed by atoms with van der Waals surface area (Å²) in [6.07, 6.45) is -0.433. The molecule has 0 unspecified atom stereocenters. The van der Waals surface area contributed by atoms with Gasteiger partial charge in [0.05, 0.1) is 18.0 Å². The predicted octanol–water partition coefficient (Wildman–Crippen LogP) is 2.03. The van der Waals surface area contributed by atoms with E-state index in [-0.39, 0.29) is 23.6 Å². The van der Waals surface area contributed by atoms with E-state index in [1.54, 1.807) is 32.0 Å². The van der Waals surface area contributed by atoms with Crippen molar-refractivity contribution in [3.63, 3.8) is 0 Å². The van der Waals surface area contributed by atoms with Gasteiger partial charge in [0, 0.05) is 12.0 Å². The van der Waals surface area contributed by atoms with E-state index in [1.165, 1.54) is 18.2 Å². The van der Waals surface area contributed by atoms with Crippen molar-refractivity contribution in [3.05, 3.63) is 53.1 Å². The summed E-state index contributed by atoms with van der Waals surface area (Å²) in [5.41, 5.74) is 1.91. The monoisotopic (exact) mass is 512 g/mol. The van der Waals surface area contributed by atoms with E-state index in [4.69, 9.17) is 13.7 Å². The van der Waals surface area contributed by atoms with E-state index >= 15 is 0 Å². The lowest BCUT2D eigenvalue weighted by molar-refractivity contribution is -0.117. The molecule has 1 aliphatic rings. The number of hydrogen-bond acceptors (Lipinski definition) is 9. The maximum atomic E-state index is 12.3. The van der Waals surface area contributed by atoms with Crippen molar-refractivity contribution in [2.75, 3.05) is 17.1 Å². The van der Waals surface area contributed by atoms with Crippen LogP contribution in [0, 0.1) is 6.92 Å². The second kappa shape index (κ2) is 9.50. The molecule has 2 aromatic rings. The van der Waals surface area contributed by atoms with Crippen LogP contribution in [-0.2, 0) is 36.3 Å². The van der Waals surface area contributed by atoms with Crippen LogP contribution in [0.4, 0.5) is 10.5 Å². The summed E-state index contributed by atoms with van der Waals surface area (Å²) < 4.78 is 65.9. The Hall–Kier alpha value is -3.32. The number of carbonyl (C=O) groups is 2. The first kappa shape index (κ1) is 25.3. The number of aryl methyl sites for hydroxylation is 1. The molecule has 0 radical (unpaired) electrons. The van der Waals surface area contributed by atoms with Crippen LogP contribution in [0.1, 0.15) is 30.5 Å². The Kier molecular flexibility index (Phi) is 7.07. The number of hydrogen-bond donors (Lipinski definition) is 1. The molecule has 184 valence electrons. The fourth-order valence-electron chi connectivity index (χ4n) is 3.23. The fourth-order valence-corrected chi connectivity index (χ4v) is 4.88. The number of ether oxygens (including phenoxy) is 2. The van der Waals surface area contributed by atoms with Crippen LogP contribution < -0.4 is 17.9 Å². The average molecular weight is 513 g/mol. The molecule has 0 aliphatic carbocycles. The first-order valence-electron chi connectivity index (χ1n) is 10.1. The summed E-state index contributed by atoms with van der Waals surface area (Å²) in [5, 5.41) is 0. The van der Waals surface area contributed by atoms with Crippen molar-refractivity contribution in [3.8, 4) is 11.5 Å². The molecule has 34 heavy (non-hydrogen) atoms. The minimum Gasteiger partial charge on any atom is -0.431 e. The van der Waals surface area contributed by atoms with Crippen molar-refractivity contribution in [2.24, 2.45) is 0 Å². The predicted molar refractivity (Wildman–Crippen MR) is 123 cm³/mol. The zero-order chi connectivity index (χ0) is 25.3. The summed E-state index contributed by atoms with van der Waals surface area (Å²) in [7, 11) is -7.93. The molecule has 1 saturated heterocycles. The lowest BCUT2D eigenvalue weighted by atomic mass is 10.0. The lowest BCUT2D eigenvalue weighted by Crippen LogP contribution is -2.30. The average Bonchev–Trinajstić information content (AvgIpc) is 2.94. The van der Waals surface area contributed by atoms with Crippen LogP contribution in [0.2, 0.25) is 0 Å². The highest BCUT2D eigenvalue weighted by Crippen LogP contribution is 2.34. The molecule has 0 spiro atoms. The number of anilines is 1. The van der Waals surface area contributed by atoms with Crippen LogP contribution in [0.15, 0.2) is 36.4 Å².